The van der Waals surface area contributed by atoms with Crippen LogP contribution in [0.5, 0.6) is 0 Å². The Bertz CT molecular complexity index is 1010. The van der Waals surface area contributed by atoms with E-state index in [1.165, 1.54) is 38.5 Å². The third-order valence-corrected chi connectivity index (χ3v) is 4.83. The number of carbonyl (C=O) groups is 2. The first-order valence-corrected chi connectivity index (χ1v) is 9.11. The maximum absolute atomic E-state index is 12.6. The molecule has 0 N–H and O–H groups in total. The minimum Gasteiger partial charge on any atom is -0.466 e. The first-order chi connectivity index (χ1) is 14.3. The standard InChI is InChI=1S/C21H17ClN2O6/c1-29-20(25)17-11-23(15-9-5-14(22)6-10-15)12-18(21(26)30-2)19(17)13-3-7-16(8-4-13)24(27)28/h3-12,19H,1-2H3. The van der Waals surface area contributed by atoms with Crippen LogP contribution >= 0.6 is 11.6 Å². The van der Waals surface area contributed by atoms with E-state index >= 15 is 0 Å². The molecule has 154 valence electrons. The van der Waals surface area contributed by atoms with Gasteiger partial charge in [-0.3, -0.25) is 10.1 Å². The number of hydrogen-bond acceptors (Lipinski definition) is 7. The molecule has 0 bridgehead atoms. The van der Waals surface area contributed by atoms with E-state index in [1.807, 2.05) is 0 Å². The Morgan fingerprint density at radius 3 is 1.87 bits per heavy atom. The van der Waals surface area contributed by atoms with Crippen molar-refractivity contribution in [2.75, 3.05) is 19.1 Å². The van der Waals surface area contributed by atoms with Crippen molar-refractivity contribution in [2.24, 2.45) is 0 Å². The van der Waals surface area contributed by atoms with Gasteiger partial charge in [0.25, 0.3) is 5.69 Å². The Morgan fingerprint density at radius 1 is 0.933 bits per heavy atom. The van der Waals surface area contributed by atoms with Gasteiger partial charge in [-0.05, 0) is 29.8 Å². The number of rotatable bonds is 5. The maximum atomic E-state index is 12.6. The highest BCUT2D eigenvalue weighted by Gasteiger charge is 2.35. The molecule has 0 saturated carbocycles. The predicted molar refractivity (Wildman–Crippen MR) is 110 cm³/mol. The van der Waals surface area contributed by atoms with Crippen molar-refractivity contribution in [2.45, 2.75) is 5.92 Å². The number of ether oxygens (including phenoxy) is 2. The lowest BCUT2D eigenvalue weighted by molar-refractivity contribution is -0.384. The second-order valence-corrected chi connectivity index (χ2v) is 6.75. The molecule has 9 heteroatoms. The number of nitro benzene ring substituents is 1. The van der Waals surface area contributed by atoms with Gasteiger partial charge in [0.2, 0.25) is 0 Å². The lowest BCUT2D eigenvalue weighted by atomic mass is 9.83. The van der Waals surface area contributed by atoms with Gasteiger partial charge >= 0.3 is 11.9 Å². The third kappa shape index (κ3) is 4.18. The van der Waals surface area contributed by atoms with Crippen LogP contribution in [0.4, 0.5) is 11.4 Å². The average Bonchev–Trinajstić information content (AvgIpc) is 2.77. The van der Waals surface area contributed by atoms with Crippen molar-refractivity contribution in [3.05, 3.63) is 92.8 Å². The first kappa shape index (κ1) is 21.1. The smallest absolute Gasteiger partial charge is 0.336 e. The van der Waals surface area contributed by atoms with Crippen LogP contribution in [0, 0.1) is 10.1 Å². The van der Waals surface area contributed by atoms with E-state index in [1.54, 1.807) is 41.6 Å². The molecule has 0 unspecified atom stereocenters. The third-order valence-electron chi connectivity index (χ3n) is 4.58. The van der Waals surface area contributed by atoms with Crippen LogP contribution in [0.1, 0.15) is 11.5 Å². The van der Waals surface area contributed by atoms with Gasteiger partial charge in [0.15, 0.2) is 0 Å². The molecular formula is C21H17ClN2O6. The molecule has 2 aromatic rings. The van der Waals surface area contributed by atoms with Gasteiger partial charge in [-0.25, -0.2) is 9.59 Å². The highest BCUT2D eigenvalue weighted by molar-refractivity contribution is 6.30. The van der Waals surface area contributed by atoms with Crippen LogP contribution in [0.15, 0.2) is 72.1 Å². The quantitative estimate of drug-likeness (QED) is 0.403. The summed E-state index contributed by atoms with van der Waals surface area (Å²) in [7, 11) is 2.47. The van der Waals surface area contributed by atoms with Gasteiger partial charge in [-0.1, -0.05) is 23.7 Å². The number of nitrogens with zero attached hydrogens (tertiary/aromatic N) is 2. The summed E-state index contributed by atoms with van der Waals surface area (Å²) in [5, 5.41) is 11.5. The molecule has 0 amide bonds. The zero-order valence-electron chi connectivity index (χ0n) is 16.1. The van der Waals surface area contributed by atoms with Crippen molar-refractivity contribution in [1.29, 1.82) is 0 Å². The van der Waals surface area contributed by atoms with E-state index < -0.39 is 22.8 Å². The summed E-state index contributed by atoms with van der Waals surface area (Å²) in [6.07, 6.45) is 3.10. The van der Waals surface area contributed by atoms with Gasteiger partial charge in [0.05, 0.1) is 36.2 Å². The molecule has 0 aliphatic carbocycles. The zero-order valence-corrected chi connectivity index (χ0v) is 16.8. The Kier molecular flexibility index (Phi) is 6.17. The number of methoxy groups -OCH3 is 2. The van der Waals surface area contributed by atoms with E-state index in [4.69, 9.17) is 21.1 Å². The number of hydrogen-bond donors (Lipinski definition) is 0. The normalized spacial score (nSPS) is 13.9. The molecule has 3 rings (SSSR count). The summed E-state index contributed by atoms with van der Waals surface area (Å²) < 4.78 is 9.85. The number of carbonyl (C=O) groups excluding carboxylic acids is 2. The highest BCUT2D eigenvalue weighted by Crippen LogP contribution is 2.39. The van der Waals surface area contributed by atoms with Crippen molar-refractivity contribution >= 4 is 34.9 Å². The lowest BCUT2D eigenvalue weighted by Crippen LogP contribution is -2.28. The van der Waals surface area contributed by atoms with Gasteiger partial charge < -0.3 is 14.4 Å². The SMILES string of the molecule is COC(=O)C1=CN(c2ccc(Cl)cc2)C=C(C(=O)OC)C1c1ccc([N+](=O)[O-])cc1. The van der Waals surface area contributed by atoms with Crippen LogP contribution in [0.25, 0.3) is 0 Å². The summed E-state index contributed by atoms with van der Waals surface area (Å²) in [5.41, 5.74) is 1.40. The largest absolute Gasteiger partial charge is 0.466 e. The molecule has 0 fully saturated rings. The number of anilines is 1. The summed E-state index contributed by atoms with van der Waals surface area (Å²) in [6.45, 7) is 0. The zero-order chi connectivity index (χ0) is 21.8. The van der Waals surface area contributed by atoms with Crippen LogP contribution in [0.3, 0.4) is 0 Å². The van der Waals surface area contributed by atoms with Crippen molar-refractivity contribution in [3.63, 3.8) is 0 Å². The number of esters is 2. The highest BCUT2D eigenvalue weighted by atomic mass is 35.5. The Morgan fingerprint density at radius 2 is 1.43 bits per heavy atom. The minimum atomic E-state index is -0.825. The van der Waals surface area contributed by atoms with E-state index in [0.717, 1.165) is 0 Å². The molecule has 0 radical (unpaired) electrons. The molecule has 0 aromatic heterocycles. The molecule has 0 atom stereocenters. The van der Waals surface area contributed by atoms with Crippen molar-refractivity contribution in [1.82, 2.24) is 0 Å². The molecule has 30 heavy (non-hydrogen) atoms. The Hall–Kier alpha value is -3.65. The van der Waals surface area contributed by atoms with Gasteiger partial charge in [-0.2, -0.15) is 0 Å². The second-order valence-electron chi connectivity index (χ2n) is 6.32. The topological polar surface area (TPSA) is 99.0 Å². The fourth-order valence-corrected chi connectivity index (χ4v) is 3.27. The van der Waals surface area contributed by atoms with E-state index in [2.05, 4.69) is 0 Å². The van der Waals surface area contributed by atoms with Gasteiger partial charge in [0.1, 0.15) is 0 Å². The monoisotopic (exact) mass is 428 g/mol. The van der Waals surface area contributed by atoms with Crippen LogP contribution in [-0.2, 0) is 19.1 Å². The average molecular weight is 429 g/mol. The summed E-state index contributed by atoms with van der Waals surface area (Å²) in [6, 6.07) is 12.4. The van der Waals surface area contributed by atoms with Crippen LogP contribution in [0.2, 0.25) is 5.02 Å². The molecule has 1 aliphatic heterocycles. The molecule has 1 aliphatic rings. The van der Waals surface area contributed by atoms with Gasteiger partial charge in [0, 0.05) is 35.2 Å². The summed E-state index contributed by atoms with van der Waals surface area (Å²) in [4.78, 5) is 37.2. The number of nitro groups is 1. The number of halogens is 1. The minimum absolute atomic E-state index is 0.107. The fraction of sp³-hybridized carbons (Fsp3) is 0.143. The lowest BCUT2D eigenvalue weighted by Gasteiger charge is -2.30. The predicted octanol–water partition coefficient (Wildman–Crippen LogP) is 3.97. The van der Waals surface area contributed by atoms with E-state index in [-0.39, 0.29) is 16.8 Å². The van der Waals surface area contributed by atoms with Crippen molar-refractivity contribution < 1.29 is 24.0 Å². The fourth-order valence-electron chi connectivity index (χ4n) is 3.14. The van der Waals surface area contributed by atoms with Crippen LogP contribution < -0.4 is 4.90 Å². The Labute approximate surface area is 177 Å². The summed E-state index contributed by atoms with van der Waals surface area (Å²) in [5.74, 6) is -2.12. The molecule has 0 saturated heterocycles. The van der Waals surface area contributed by atoms with Gasteiger partial charge in [-0.15, -0.1) is 0 Å². The molecule has 2 aromatic carbocycles. The van der Waals surface area contributed by atoms with Crippen LogP contribution in [-0.4, -0.2) is 31.1 Å². The van der Waals surface area contributed by atoms with E-state index in [9.17, 15) is 19.7 Å². The number of non-ortho nitro benzene ring substituents is 1. The number of benzene rings is 2. The maximum Gasteiger partial charge on any atom is 0.336 e. The molecular weight excluding hydrogens is 412 g/mol. The summed E-state index contributed by atoms with van der Waals surface area (Å²) >= 11 is 5.95. The first-order valence-electron chi connectivity index (χ1n) is 8.74. The van der Waals surface area contributed by atoms with Crippen molar-refractivity contribution in [3.8, 4) is 0 Å². The Balaban J connectivity index is 2.15. The molecule has 1 heterocycles. The second kappa shape index (κ2) is 8.79. The molecule has 0 spiro atoms. The van der Waals surface area contributed by atoms with E-state index in [0.29, 0.717) is 16.3 Å². The molecule has 8 nitrogen and oxygen atoms in total.